The Bertz CT molecular complexity index is 3790. The quantitative estimate of drug-likeness (QED) is 0.0624. The summed E-state index contributed by atoms with van der Waals surface area (Å²) in [5.74, 6) is 1.08. The first-order chi connectivity index (χ1) is 34.0. The molecule has 3 aromatic heterocycles. The van der Waals surface area contributed by atoms with E-state index in [0.29, 0.717) is 54.7 Å². The van der Waals surface area contributed by atoms with E-state index in [1.807, 2.05) is 24.3 Å². The van der Waals surface area contributed by atoms with Crippen LogP contribution in [-0.2, 0) is 6.54 Å². The Morgan fingerprint density at radius 2 is 0.671 bits per heavy atom. The summed E-state index contributed by atoms with van der Waals surface area (Å²) in [6.07, 6.45) is 5.57. The largest absolute Gasteiger partial charge is 0.340 e. The van der Waals surface area contributed by atoms with Crippen LogP contribution in [0.15, 0.2) is 133 Å². The highest BCUT2D eigenvalue weighted by Gasteiger charge is 2.26. The minimum absolute atomic E-state index is 0.194. The lowest BCUT2D eigenvalue weighted by molar-refractivity contribution is 0.449. The topological polar surface area (TPSA) is 14.8 Å². The summed E-state index contributed by atoms with van der Waals surface area (Å²) in [5.41, 5.74) is 4.51. The molecule has 11 rings (SSSR count). The van der Waals surface area contributed by atoms with Gasteiger partial charge in [-0.3, -0.25) is 0 Å². The zero-order chi connectivity index (χ0) is 48.4. The lowest BCUT2D eigenvalue weighted by atomic mass is 10.1. The molecule has 0 spiro atoms. The zero-order valence-electron chi connectivity index (χ0n) is 37.3. The van der Waals surface area contributed by atoms with E-state index < -0.39 is 57.9 Å². The predicted molar refractivity (Wildman–Crippen MR) is 261 cm³/mol. The van der Waals surface area contributed by atoms with Crippen molar-refractivity contribution in [1.29, 1.82) is 0 Å². The van der Waals surface area contributed by atoms with E-state index in [4.69, 9.17) is 0 Å². The second kappa shape index (κ2) is 17.7. The van der Waals surface area contributed by atoms with Gasteiger partial charge in [-0.05, 0) is 91.3 Å². The van der Waals surface area contributed by atoms with Gasteiger partial charge in [0.1, 0.15) is 11.4 Å². The minimum atomic E-state index is -1.50. The van der Waals surface area contributed by atoms with Gasteiger partial charge in [-0.2, -0.15) is 0 Å². The van der Waals surface area contributed by atoms with E-state index in [2.05, 4.69) is 47.3 Å². The van der Waals surface area contributed by atoms with Crippen molar-refractivity contribution < 1.29 is 35.1 Å². The summed E-state index contributed by atoms with van der Waals surface area (Å²) in [5, 5.41) is 4.38. The molecular weight excluding hydrogens is 903 g/mol. The molecule has 0 saturated carbocycles. The summed E-state index contributed by atoms with van der Waals surface area (Å²) in [6, 6.07) is 36.5. The Kier molecular flexibility index (Phi) is 11.2. The normalized spacial score (nSPS) is 11.6. The molecule has 8 aromatic carbocycles. The fraction of sp³-hybridized carbons (Fsp3) is 0.119. The third-order valence-electron chi connectivity index (χ3n) is 13.0. The van der Waals surface area contributed by atoms with Crippen molar-refractivity contribution in [2.45, 2.75) is 45.6 Å². The first kappa shape index (κ1) is 44.2. The standard InChI is InChI=1S/C59H37F8N3/c1-2-3-4-5-10-27-68-48-23-19-34(15-17-36-21-25-52-40(28-36)38-11-6-8-13-50(38)69(52)58-54(64)44(60)32-45(61)55(58)65)30-42(48)43-31-35(20-24-49(43)68)16-18-37-22-26-53-41(29-37)39-12-7-9-14-51(39)70(53)59-56(66)46(62)33-47(63)57(59)67/h6-9,11-14,19-26,28-33H,2-5,10,27H2,1H3. The molecule has 0 saturated heterocycles. The van der Waals surface area contributed by atoms with Gasteiger partial charge in [0, 0.05) is 84.3 Å². The number of rotatable bonds is 8. The van der Waals surface area contributed by atoms with Crippen LogP contribution in [0.3, 0.4) is 0 Å². The molecule has 3 nitrogen and oxygen atoms in total. The molecule has 0 radical (unpaired) electrons. The Hall–Kier alpha value is -8.28. The van der Waals surface area contributed by atoms with Crippen molar-refractivity contribution in [3.8, 4) is 35.1 Å². The van der Waals surface area contributed by atoms with Gasteiger partial charge in [0.2, 0.25) is 0 Å². The van der Waals surface area contributed by atoms with Gasteiger partial charge < -0.3 is 13.7 Å². The molecule has 70 heavy (non-hydrogen) atoms. The maximum absolute atomic E-state index is 15.2. The zero-order valence-corrected chi connectivity index (χ0v) is 37.3. The maximum Gasteiger partial charge on any atom is 0.186 e. The number of benzene rings is 8. The van der Waals surface area contributed by atoms with Crippen LogP contribution < -0.4 is 0 Å². The van der Waals surface area contributed by atoms with E-state index in [1.165, 1.54) is 15.6 Å². The molecule has 0 aliphatic heterocycles. The van der Waals surface area contributed by atoms with Crippen molar-refractivity contribution in [3.05, 3.63) is 202 Å². The van der Waals surface area contributed by atoms with Crippen LogP contribution in [0.4, 0.5) is 35.1 Å². The van der Waals surface area contributed by atoms with Gasteiger partial charge in [-0.15, -0.1) is 0 Å². The molecule has 0 N–H and O–H groups in total. The van der Waals surface area contributed by atoms with Gasteiger partial charge in [-0.1, -0.05) is 92.7 Å². The minimum Gasteiger partial charge on any atom is -0.340 e. The highest BCUT2D eigenvalue weighted by Crippen LogP contribution is 2.38. The molecular formula is C59H37F8N3. The van der Waals surface area contributed by atoms with Crippen LogP contribution in [-0.4, -0.2) is 13.7 Å². The van der Waals surface area contributed by atoms with Gasteiger partial charge in [0.25, 0.3) is 0 Å². The van der Waals surface area contributed by atoms with E-state index in [0.717, 1.165) is 65.2 Å². The van der Waals surface area contributed by atoms with Crippen LogP contribution in [0.2, 0.25) is 0 Å². The van der Waals surface area contributed by atoms with Crippen LogP contribution in [0.25, 0.3) is 76.8 Å². The first-order valence-electron chi connectivity index (χ1n) is 22.8. The van der Waals surface area contributed by atoms with Crippen molar-refractivity contribution in [3.63, 3.8) is 0 Å². The molecule has 0 fully saturated rings. The maximum atomic E-state index is 15.2. The van der Waals surface area contributed by atoms with Gasteiger partial charge >= 0.3 is 0 Å². The third kappa shape index (κ3) is 7.41. The molecule has 0 atom stereocenters. The highest BCUT2D eigenvalue weighted by atomic mass is 19.2. The Labute approximate surface area is 395 Å². The number of halogens is 8. The molecule has 11 aromatic rings. The van der Waals surface area contributed by atoms with E-state index in [-0.39, 0.29) is 12.1 Å². The second-order valence-electron chi connectivity index (χ2n) is 17.3. The molecule has 3 heterocycles. The monoisotopic (exact) mass is 939 g/mol. The Balaban J connectivity index is 0.977. The van der Waals surface area contributed by atoms with Crippen LogP contribution in [0.1, 0.15) is 61.3 Å². The predicted octanol–water partition coefficient (Wildman–Crippen LogP) is 15.9. The van der Waals surface area contributed by atoms with Crippen molar-refractivity contribution >= 4 is 65.4 Å². The summed E-state index contributed by atoms with van der Waals surface area (Å²) < 4.78 is 123. The SMILES string of the molecule is CCCCCCCn1c2ccc(C#Cc3ccc4c(c3)c3ccccc3n4-c3c(F)c(F)cc(F)c3F)cc2c2cc(C#Cc3ccc4c(c3)c3ccccc3n4-c3c(F)c(F)cc(F)c3F)ccc21. The van der Waals surface area contributed by atoms with Crippen LogP contribution in [0.5, 0.6) is 0 Å². The first-order valence-corrected chi connectivity index (χ1v) is 22.8. The van der Waals surface area contributed by atoms with Gasteiger partial charge in [0.05, 0.1) is 22.1 Å². The lowest BCUT2D eigenvalue weighted by Crippen LogP contribution is -2.06. The van der Waals surface area contributed by atoms with E-state index in [1.54, 1.807) is 84.9 Å². The van der Waals surface area contributed by atoms with E-state index >= 15 is 17.6 Å². The summed E-state index contributed by atoms with van der Waals surface area (Å²) in [4.78, 5) is 0. The van der Waals surface area contributed by atoms with Crippen molar-refractivity contribution in [2.24, 2.45) is 0 Å². The number of hydrogen-bond donors (Lipinski definition) is 0. The van der Waals surface area contributed by atoms with Gasteiger partial charge in [-0.25, -0.2) is 35.1 Å². The summed E-state index contributed by atoms with van der Waals surface area (Å²) >= 11 is 0. The van der Waals surface area contributed by atoms with Crippen molar-refractivity contribution in [2.75, 3.05) is 0 Å². The Morgan fingerprint density at radius 3 is 1.06 bits per heavy atom. The number of para-hydroxylation sites is 2. The fourth-order valence-corrected chi connectivity index (χ4v) is 9.76. The Morgan fingerprint density at radius 1 is 0.343 bits per heavy atom. The molecule has 0 bridgehead atoms. The van der Waals surface area contributed by atoms with Crippen molar-refractivity contribution in [1.82, 2.24) is 13.7 Å². The molecule has 11 heteroatoms. The number of nitrogens with zero attached hydrogens (tertiary/aromatic N) is 3. The molecule has 0 aliphatic carbocycles. The number of aromatic nitrogens is 3. The molecule has 0 unspecified atom stereocenters. The molecule has 0 amide bonds. The number of hydrogen-bond acceptors (Lipinski definition) is 0. The lowest BCUT2D eigenvalue weighted by Gasteiger charge is -2.11. The van der Waals surface area contributed by atoms with Gasteiger partial charge in [0.15, 0.2) is 46.5 Å². The smallest absolute Gasteiger partial charge is 0.186 e. The third-order valence-corrected chi connectivity index (χ3v) is 13.0. The highest BCUT2D eigenvalue weighted by molar-refractivity contribution is 6.11. The summed E-state index contributed by atoms with van der Waals surface area (Å²) in [6.45, 7) is 3.00. The summed E-state index contributed by atoms with van der Waals surface area (Å²) in [7, 11) is 0. The average Bonchev–Trinajstić information content (AvgIpc) is 3.98. The number of unbranched alkanes of at least 4 members (excludes halogenated alkanes) is 4. The van der Waals surface area contributed by atoms with Crippen LogP contribution >= 0.6 is 0 Å². The van der Waals surface area contributed by atoms with Crippen LogP contribution in [0, 0.1) is 70.2 Å². The van der Waals surface area contributed by atoms with E-state index in [9.17, 15) is 17.6 Å². The fourth-order valence-electron chi connectivity index (χ4n) is 9.76. The second-order valence-corrected chi connectivity index (χ2v) is 17.3. The number of aryl methyl sites for hydroxylation is 1. The number of fused-ring (bicyclic) bond motifs is 9. The average molecular weight is 940 g/mol. The molecule has 344 valence electrons. The molecule has 0 aliphatic rings.